The van der Waals surface area contributed by atoms with Gasteiger partial charge in [0, 0.05) is 31.2 Å². The third kappa shape index (κ3) is 5.10. The summed E-state index contributed by atoms with van der Waals surface area (Å²) in [6, 6.07) is 15.3. The molecule has 2 heterocycles. The summed E-state index contributed by atoms with van der Waals surface area (Å²) in [5, 5.41) is 3.61. The number of carbonyl (C=O) groups is 2. The Balaban J connectivity index is 1.48. The summed E-state index contributed by atoms with van der Waals surface area (Å²) < 4.78 is 0. The minimum atomic E-state index is -0.399. The third-order valence-electron chi connectivity index (χ3n) is 6.49. The lowest BCUT2D eigenvalue weighted by atomic mass is 9.90. The summed E-state index contributed by atoms with van der Waals surface area (Å²) in [6.07, 6.45) is 2.92. The molecule has 164 valence electrons. The van der Waals surface area contributed by atoms with E-state index in [4.69, 9.17) is 11.6 Å². The van der Waals surface area contributed by atoms with Gasteiger partial charge in [0.05, 0.1) is 6.54 Å². The molecule has 0 unspecified atom stereocenters. The van der Waals surface area contributed by atoms with Gasteiger partial charge in [-0.25, -0.2) is 0 Å². The Morgan fingerprint density at radius 3 is 2.52 bits per heavy atom. The third-order valence-corrected chi connectivity index (χ3v) is 6.86. The van der Waals surface area contributed by atoms with Crippen molar-refractivity contribution in [2.75, 3.05) is 26.2 Å². The van der Waals surface area contributed by atoms with Crippen molar-refractivity contribution in [3.8, 4) is 0 Å². The van der Waals surface area contributed by atoms with Crippen LogP contribution in [0.4, 0.5) is 0 Å². The van der Waals surface area contributed by atoms with E-state index in [1.807, 2.05) is 52.3 Å². The first kappa shape index (κ1) is 21.8. The summed E-state index contributed by atoms with van der Waals surface area (Å²) in [4.78, 5) is 30.4. The Morgan fingerprint density at radius 2 is 1.74 bits per heavy atom. The van der Waals surface area contributed by atoms with Crippen molar-refractivity contribution in [2.45, 2.75) is 38.8 Å². The van der Waals surface area contributed by atoms with Gasteiger partial charge in [0.1, 0.15) is 6.04 Å². The molecule has 2 aliphatic heterocycles. The van der Waals surface area contributed by atoms with E-state index in [9.17, 15) is 9.59 Å². The molecule has 2 aromatic rings. The van der Waals surface area contributed by atoms with Gasteiger partial charge in [0.2, 0.25) is 11.8 Å². The molecule has 0 bridgehead atoms. The minimum Gasteiger partial charge on any atom is -0.351 e. The molecule has 4 rings (SSSR count). The smallest absolute Gasteiger partial charge is 0.244 e. The van der Waals surface area contributed by atoms with E-state index < -0.39 is 6.04 Å². The normalized spacial score (nSPS) is 19.7. The predicted molar refractivity (Wildman–Crippen MR) is 123 cm³/mol. The van der Waals surface area contributed by atoms with Crippen molar-refractivity contribution in [3.05, 3.63) is 70.2 Å². The molecule has 5 nitrogen and oxygen atoms in total. The van der Waals surface area contributed by atoms with Gasteiger partial charge in [0.15, 0.2) is 0 Å². The van der Waals surface area contributed by atoms with Crippen LogP contribution in [0.5, 0.6) is 0 Å². The second kappa shape index (κ2) is 9.84. The van der Waals surface area contributed by atoms with Crippen LogP contribution in [0.3, 0.4) is 0 Å². The summed E-state index contributed by atoms with van der Waals surface area (Å²) in [6.45, 7) is 5.10. The lowest BCUT2D eigenvalue weighted by Gasteiger charge is -2.40. The van der Waals surface area contributed by atoms with Gasteiger partial charge in [-0.05, 0) is 47.9 Å². The number of nitrogens with zero attached hydrogens (tertiary/aromatic N) is 2. The van der Waals surface area contributed by atoms with E-state index in [2.05, 4.69) is 18.3 Å². The highest BCUT2D eigenvalue weighted by Gasteiger charge is 2.37. The van der Waals surface area contributed by atoms with Crippen LogP contribution < -0.4 is 5.32 Å². The van der Waals surface area contributed by atoms with Gasteiger partial charge in [0.25, 0.3) is 0 Å². The molecule has 0 saturated carbocycles. The van der Waals surface area contributed by atoms with Gasteiger partial charge in [-0.1, -0.05) is 61.0 Å². The SMILES string of the molecule is CC1CCN(C(=O)[C@H]2c3ccccc3CCN2CC(=O)NCc2ccccc2Cl)CC1. The van der Waals surface area contributed by atoms with E-state index in [0.29, 0.717) is 24.0 Å². The molecular formula is C25H30ClN3O2. The molecule has 1 fully saturated rings. The van der Waals surface area contributed by atoms with Gasteiger partial charge < -0.3 is 10.2 Å². The highest BCUT2D eigenvalue weighted by atomic mass is 35.5. The Kier molecular flexibility index (Phi) is 6.93. The lowest BCUT2D eigenvalue weighted by molar-refractivity contribution is -0.140. The van der Waals surface area contributed by atoms with E-state index in [1.165, 1.54) is 5.56 Å². The maximum absolute atomic E-state index is 13.6. The molecule has 0 aromatic heterocycles. The van der Waals surface area contributed by atoms with Crippen molar-refractivity contribution < 1.29 is 9.59 Å². The van der Waals surface area contributed by atoms with Crippen LogP contribution in [0.15, 0.2) is 48.5 Å². The summed E-state index contributed by atoms with van der Waals surface area (Å²) in [7, 11) is 0. The lowest BCUT2D eigenvalue weighted by Crippen LogP contribution is -2.50. The number of nitrogens with one attached hydrogen (secondary N) is 1. The Hall–Kier alpha value is -2.37. The standard InChI is InChI=1S/C25H30ClN3O2/c1-18-10-13-28(14-11-18)25(31)24-21-8-4-2-6-19(21)12-15-29(24)17-23(30)27-16-20-7-3-5-9-22(20)26/h2-9,18,24H,10-17H2,1H3,(H,27,30)/t24-/m1/s1. The number of likely N-dealkylation sites (tertiary alicyclic amines) is 1. The summed E-state index contributed by atoms with van der Waals surface area (Å²) in [5.74, 6) is 0.691. The molecule has 1 saturated heterocycles. The molecule has 0 radical (unpaired) electrons. The zero-order valence-corrected chi connectivity index (χ0v) is 18.8. The molecular weight excluding hydrogens is 410 g/mol. The minimum absolute atomic E-state index is 0.0932. The number of hydrogen-bond acceptors (Lipinski definition) is 3. The number of piperidine rings is 1. The molecule has 2 amide bonds. The predicted octanol–water partition coefficient (Wildman–Crippen LogP) is 3.81. The van der Waals surface area contributed by atoms with E-state index in [1.54, 1.807) is 0 Å². The molecule has 6 heteroatoms. The van der Waals surface area contributed by atoms with Crippen LogP contribution in [-0.2, 0) is 22.6 Å². The van der Waals surface area contributed by atoms with Gasteiger partial charge >= 0.3 is 0 Å². The Labute approximate surface area is 189 Å². The molecule has 0 spiro atoms. The second-order valence-corrected chi connectivity index (χ2v) is 9.10. The number of halogens is 1. The fourth-order valence-electron chi connectivity index (χ4n) is 4.56. The molecule has 2 aliphatic rings. The highest BCUT2D eigenvalue weighted by molar-refractivity contribution is 6.31. The number of rotatable bonds is 5. The van der Waals surface area contributed by atoms with Gasteiger partial charge in [-0.2, -0.15) is 0 Å². The Bertz CT molecular complexity index is 940. The van der Waals surface area contributed by atoms with Crippen molar-refractivity contribution in [2.24, 2.45) is 5.92 Å². The number of fused-ring (bicyclic) bond motifs is 1. The van der Waals surface area contributed by atoms with Crippen LogP contribution in [0, 0.1) is 5.92 Å². The van der Waals surface area contributed by atoms with Crippen molar-refractivity contribution >= 4 is 23.4 Å². The second-order valence-electron chi connectivity index (χ2n) is 8.70. The first-order valence-corrected chi connectivity index (χ1v) is 11.5. The number of amides is 2. The fourth-order valence-corrected chi connectivity index (χ4v) is 4.76. The number of hydrogen-bond donors (Lipinski definition) is 1. The molecule has 0 aliphatic carbocycles. The first-order chi connectivity index (χ1) is 15.0. The van der Waals surface area contributed by atoms with E-state index in [-0.39, 0.29) is 18.4 Å². The average Bonchev–Trinajstić information content (AvgIpc) is 2.78. The maximum atomic E-state index is 13.6. The highest BCUT2D eigenvalue weighted by Crippen LogP contribution is 2.32. The zero-order valence-electron chi connectivity index (χ0n) is 18.0. The maximum Gasteiger partial charge on any atom is 0.244 e. The van der Waals surface area contributed by atoms with Crippen molar-refractivity contribution in [3.63, 3.8) is 0 Å². The summed E-state index contributed by atoms with van der Waals surface area (Å²) >= 11 is 6.20. The quantitative estimate of drug-likeness (QED) is 0.770. The fraction of sp³-hybridized carbons (Fsp3) is 0.440. The first-order valence-electron chi connectivity index (χ1n) is 11.1. The van der Waals surface area contributed by atoms with Crippen molar-refractivity contribution in [1.29, 1.82) is 0 Å². The van der Waals surface area contributed by atoms with E-state index in [0.717, 1.165) is 43.5 Å². The van der Waals surface area contributed by atoms with Crippen LogP contribution >= 0.6 is 11.6 Å². The molecule has 2 aromatic carbocycles. The number of benzene rings is 2. The molecule has 1 atom stereocenters. The van der Waals surface area contributed by atoms with Gasteiger partial charge in [-0.3, -0.25) is 14.5 Å². The summed E-state index contributed by atoms with van der Waals surface area (Å²) in [5.41, 5.74) is 3.13. The monoisotopic (exact) mass is 439 g/mol. The largest absolute Gasteiger partial charge is 0.351 e. The topological polar surface area (TPSA) is 52.7 Å². The zero-order chi connectivity index (χ0) is 21.8. The van der Waals surface area contributed by atoms with Crippen LogP contribution in [0.1, 0.15) is 42.5 Å². The van der Waals surface area contributed by atoms with Crippen molar-refractivity contribution in [1.82, 2.24) is 15.1 Å². The molecule has 1 N–H and O–H groups in total. The average molecular weight is 440 g/mol. The van der Waals surface area contributed by atoms with E-state index >= 15 is 0 Å². The van der Waals surface area contributed by atoms with Gasteiger partial charge in [-0.15, -0.1) is 0 Å². The number of carbonyl (C=O) groups excluding carboxylic acids is 2. The van der Waals surface area contributed by atoms with Crippen LogP contribution in [-0.4, -0.2) is 47.8 Å². The Morgan fingerprint density at radius 1 is 1.03 bits per heavy atom. The molecule has 31 heavy (non-hydrogen) atoms. The van der Waals surface area contributed by atoms with Crippen LogP contribution in [0.25, 0.3) is 0 Å². The van der Waals surface area contributed by atoms with Crippen LogP contribution in [0.2, 0.25) is 5.02 Å².